The fourth-order valence-corrected chi connectivity index (χ4v) is 5.26. The maximum atomic E-state index is 11.2. The van der Waals surface area contributed by atoms with E-state index in [0.717, 1.165) is 32.5 Å². The second kappa shape index (κ2) is 10.1. The third-order valence-corrected chi connectivity index (χ3v) is 7.64. The minimum Gasteiger partial charge on any atom is -0.479 e. The maximum absolute atomic E-state index is 11.2. The smallest absolute Gasteiger partial charge is 0.344 e. The first kappa shape index (κ1) is 22.9. The van der Waals surface area contributed by atoms with Crippen molar-refractivity contribution in [3.05, 3.63) is 62.6 Å². The van der Waals surface area contributed by atoms with Crippen LogP contribution in [0.15, 0.2) is 41.3 Å². The molecular formula is C22H21Cl2NO3S2. The van der Waals surface area contributed by atoms with Crippen molar-refractivity contribution in [2.45, 2.75) is 43.9 Å². The van der Waals surface area contributed by atoms with E-state index in [-0.39, 0.29) is 0 Å². The highest BCUT2D eigenvalue weighted by molar-refractivity contribution is 7.98. The van der Waals surface area contributed by atoms with E-state index in [9.17, 15) is 9.90 Å². The molecule has 3 rings (SSSR count). The van der Waals surface area contributed by atoms with E-state index < -0.39 is 12.1 Å². The van der Waals surface area contributed by atoms with Gasteiger partial charge in [0.1, 0.15) is 10.8 Å². The Balaban J connectivity index is 1.70. The number of rotatable bonds is 8. The summed E-state index contributed by atoms with van der Waals surface area (Å²) in [5.41, 5.74) is 2.87. The molecule has 3 aromatic rings. The number of carbonyl (C=O) groups is 1. The minimum atomic E-state index is -0.950. The van der Waals surface area contributed by atoms with Crippen LogP contribution in [-0.4, -0.2) is 22.2 Å². The lowest BCUT2D eigenvalue weighted by atomic mass is 10.2. The summed E-state index contributed by atoms with van der Waals surface area (Å²) in [4.78, 5) is 18.2. The second-order valence-electron chi connectivity index (χ2n) is 6.73. The first-order valence-electron chi connectivity index (χ1n) is 9.33. The standard InChI is InChI=1S/C22H21Cl2NO3S2/c1-4-18(22(26)27)28-19-8-6-15(9-12(19)2)29-11-20-13(3)25-21(30-20)14-5-7-16(23)17(24)10-14/h5-10,18H,4,11H2,1-3H3,(H,26,27). The minimum absolute atomic E-state index is 0.414. The lowest BCUT2D eigenvalue weighted by molar-refractivity contribution is -0.145. The molecule has 0 saturated carbocycles. The first-order chi connectivity index (χ1) is 14.3. The van der Waals surface area contributed by atoms with Gasteiger partial charge in [-0.2, -0.15) is 0 Å². The SMILES string of the molecule is CCC(Oc1ccc(SCc2sc(-c3ccc(Cl)c(Cl)c3)nc2C)cc1C)C(=O)O. The third-order valence-electron chi connectivity index (χ3n) is 4.49. The van der Waals surface area contributed by atoms with Crippen LogP contribution in [0.2, 0.25) is 10.0 Å². The van der Waals surface area contributed by atoms with Crippen molar-refractivity contribution >= 4 is 52.3 Å². The van der Waals surface area contributed by atoms with Gasteiger partial charge in [0.25, 0.3) is 0 Å². The molecule has 0 aliphatic heterocycles. The van der Waals surface area contributed by atoms with Crippen LogP contribution in [0.4, 0.5) is 0 Å². The molecule has 0 spiro atoms. The van der Waals surface area contributed by atoms with Crippen LogP contribution in [-0.2, 0) is 10.5 Å². The fraction of sp³-hybridized carbons (Fsp3) is 0.273. The van der Waals surface area contributed by atoms with Crippen molar-refractivity contribution in [2.75, 3.05) is 0 Å². The normalized spacial score (nSPS) is 12.0. The molecule has 0 aliphatic rings. The van der Waals surface area contributed by atoms with Gasteiger partial charge in [-0.05, 0) is 56.2 Å². The summed E-state index contributed by atoms with van der Waals surface area (Å²) >= 11 is 15.5. The molecule has 0 saturated heterocycles. The number of carboxylic acids is 1. The number of thiazole rings is 1. The first-order valence-corrected chi connectivity index (χ1v) is 11.9. The predicted octanol–water partition coefficient (Wildman–Crippen LogP) is 7.27. The molecule has 0 radical (unpaired) electrons. The second-order valence-corrected chi connectivity index (χ2v) is 9.67. The summed E-state index contributed by atoms with van der Waals surface area (Å²) in [6.07, 6.45) is -0.418. The number of thioether (sulfide) groups is 1. The quantitative estimate of drug-likeness (QED) is 0.342. The molecule has 1 unspecified atom stereocenters. The van der Waals surface area contributed by atoms with E-state index in [2.05, 4.69) is 4.98 Å². The van der Waals surface area contributed by atoms with Gasteiger partial charge in [-0.25, -0.2) is 9.78 Å². The lowest BCUT2D eigenvalue weighted by Gasteiger charge is -2.15. The fourth-order valence-electron chi connectivity index (χ4n) is 2.77. The van der Waals surface area contributed by atoms with Gasteiger partial charge in [-0.1, -0.05) is 36.2 Å². The van der Waals surface area contributed by atoms with E-state index >= 15 is 0 Å². The molecule has 1 heterocycles. The van der Waals surface area contributed by atoms with Gasteiger partial charge in [-0.15, -0.1) is 23.1 Å². The molecule has 158 valence electrons. The monoisotopic (exact) mass is 481 g/mol. The van der Waals surface area contributed by atoms with Gasteiger partial charge in [-0.3, -0.25) is 0 Å². The van der Waals surface area contributed by atoms with Gasteiger partial charge in [0.05, 0.1) is 15.7 Å². The Hall–Kier alpha value is -1.73. The van der Waals surface area contributed by atoms with Crippen LogP contribution in [0, 0.1) is 13.8 Å². The van der Waals surface area contributed by atoms with Crippen molar-refractivity contribution in [3.8, 4) is 16.3 Å². The Morgan fingerprint density at radius 1 is 1.20 bits per heavy atom. The number of benzene rings is 2. The van der Waals surface area contributed by atoms with E-state index in [1.165, 1.54) is 4.88 Å². The van der Waals surface area contributed by atoms with Crippen LogP contribution in [0.25, 0.3) is 10.6 Å². The lowest BCUT2D eigenvalue weighted by Crippen LogP contribution is -2.26. The zero-order chi connectivity index (χ0) is 21.8. The summed E-state index contributed by atoms with van der Waals surface area (Å²) in [5.74, 6) is 0.440. The zero-order valence-electron chi connectivity index (χ0n) is 16.7. The number of aliphatic carboxylic acids is 1. The number of halogens is 2. The molecule has 1 atom stereocenters. The van der Waals surface area contributed by atoms with Gasteiger partial charge in [0.2, 0.25) is 0 Å². The molecular weight excluding hydrogens is 461 g/mol. The molecule has 30 heavy (non-hydrogen) atoms. The van der Waals surface area contributed by atoms with Gasteiger partial charge in [0, 0.05) is 21.1 Å². The van der Waals surface area contributed by atoms with Crippen molar-refractivity contribution in [2.24, 2.45) is 0 Å². The highest BCUT2D eigenvalue weighted by Crippen LogP contribution is 2.36. The zero-order valence-corrected chi connectivity index (χ0v) is 19.9. The van der Waals surface area contributed by atoms with E-state index in [1.807, 2.05) is 44.2 Å². The van der Waals surface area contributed by atoms with E-state index in [1.54, 1.807) is 36.1 Å². The highest BCUT2D eigenvalue weighted by Gasteiger charge is 2.18. The summed E-state index contributed by atoms with van der Waals surface area (Å²) in [6.45, 7) is 5.72. The molecule has 1 aromatic heterocycles. The van der Waals surface area contributed by atoms with E-state index in [4.69, 9.17) is 27.9 Å². The van der Waals surface area contributed by atoms with Crippen molar-refractivity contribution in [1.82, 2.24) is 4.98 Å². The molecule has 4 nitrogen and oxygen atoms in total. The molecule has 2 aromatic carbocycles. The van der Waals surface area contributed by atoms with Gasteiger partial charge < -0.3 is 9.84 Å². The number of nitrogens with zero attached hydrogens (tertiary/aromatic N) is 1. The van der Waals surface area contributed by atoms with Crippen molar-refractivity contribution in [3.63, 3.8) is 0 Å². The number of ether oxygens (including phenoxy) is 1. The number of carboxylic acid groups (broad SMARTS) is 1. The average Bonchev–Trinajstić information content (AvgIpc) is 3.08. The largest absolute Gasteiger partial charge is 0.479 e. The molecule has 0 amide bonds. The predicted molar refractivity (Wildman–Crippen MR) is 125 cm³/mol. The Morgan fingerprint density at radius 2 is 1.97 bits per heavy atom. The molecule has 0 bridgehead atoms. The summed E-state index contributed by atoms with van der Waals surface area (Å²) in [5, 5.41) is 11.1. The van der Waals surface area contributed by atoms with Crippen LogP contribution >= 0.6 is 46.3 Å². The van der Waals surface area contributed by atoms with Crippen molar-refractivity contribution < 1.29 is 14.6 Å². The van der Waals surface area contributed by atoms with E-state index in [0.29, 0.717) is 22.2 Å². The van der Waals surface area contributed by atoms with Crippen molar-refractivity contribution in [1.29, 1.82) is 0 Å². The maximum Gasteiger partial charge on any atom is 0.344 e. The molecule has 0 fully saturated rings. The molecule has 0 aliphatic carbocycles. The average molecular weight is 482 g/mol. The topological polar surface area (TPSA) is 59.4 Å². The third kappa shape index (κ3) is 5.49. The highest BCUT2D eigenvalue weighted by atomic mass is 35.5. The Bertz CT molecular complexity index is 1070. The number of aromatic nitrogens is 1. The number of hydrogen-bond donors (Lipinski definition) is 1. The summed E-state index contributed by atoms with van der Waals surface area (Å²) in [7, 11) is 0. The van der Waals surface area contributed by atoms with Crippen LogP contribution in [0.1, 0.15) is 29.5 Å². The summed E-state index contributed by atoms with van der Waals surface area (Å²) in [6, 6.07) is 11.4. The Kier molecular flexibility index (Phi) is 7.69. The summed E-state index contributed by atoms with van der Waals surface area (Å²) < 4.78 is 5.63. The van der Waals surface area contributed by atoms with Gasteiger partial charge in [0.15, 0.2) is 6.10 Å². The Morgan fingerprint density at radius 3 is 2.60 bits per heavy atom. The van der Waals surface area contributed by atoms with Crippen LogP contribution < -0.4 is 4.74 Å². The van der Waals surface area contributed by atoms with Gasteiger partial charge >= 0.3 is 5.97 Å². The Labute approximate surface area is 194 Å². The number of aryl methyl sites for hydroxylation is 2. The van der Waals surface area contributed by atoms with Crippen LogP contribution in [0.3, 0.4) is 0 Å². The number of hydrogen-bond acceptors (Lipinski definition) is 5. The van der Waals surface area contributed by atoms with Crippen LogP contribution in [0.5, 0.6) is 5.75 Å². The molecule has 8 heteroatoms. The molecule has 1 N–H and O–H groups in total.